The maximum absolute atomic E-state index is 12.4. The van der Waals surface area contributed by atoms with E-state index in [0.29, 0.717) is 12.6 Å². The first kappa shape index (κ1) is 15.8. The predicted molar refractivity (Wildman–Crippen MR) is 81.4 cm³/mol. The highest BCUT2D eigenvalue weighted by molar-refractivity contribution is 7.99. The molecular formula is C12H22N4O2S2. The van der Waals surface area contributed by atoms with Gasteiger partial charge in [-0.3, -0.25) is 5.10 Å². The van der Waals surface area contributed by atoms with Gasteiger partial charge in [0.15, 0.2) is 5.03 Å². The van der Waals surface area contributed by atoms with Gasteiger partial charge in [-0.15, -0.1) is 0 Å². The van der Waals surface area contributed by atoms with Crippen molar-refractivity contribution in [3.05, 3.63) is 11.3 Å². The summed E-state index contributed by atoms with van der Waals surface area (Å²) in [6, 6.07) is 0.312. The van der Waals surface area contributed by atoms with Crippen molar-refractivity contribution in [1.29, 1.82) is 0 Å². The van der Waals surface area contributed by atoms with Crippen LogP contribution in [-0.2, 0) is 16.6 Å². The van der Waals surface area contributed by atoms with Gasteiger partial charge in [-0.2, -0.15) is 16.9 Å². The highest BCUT2D eigenvalue weighted by Gasteiger charge is 2.28. The van der Waals surface area contributed by atoms with Crippen molar-refractivity contribution < 1.29 is 8.42 Å². The Kier molecular flexibility index (Phi) is 5.11. The minimum Gasteiger partial charge on any atom is -0.310 e. The minimum absolute atomic E-state index is 0.0212. The highest BCUT2D eigenvalue weighted by atomic mass is 32.2. The average Bonchev–Trinajstić information content (AvgIpc) is 2.96. The van der Waals surface area contributed by atoms with Crippen LogP contribution in [0.2, 0.25) is 0 Å². The lowest BCUT2D eigenvalue weighted by atomic mass is 10.2. The fourth-order valence-electron chi connectivity index (χ4n) is 2.07. The first-order valence-corrected chi connectivity index (χ1v) is 9.41. The zero-order valence-corrected chi connectivity index (χ0v) is 13.7. The molecule has 1 aliphatic heterocycles. The maximum atomic E-state index is 12.4. The Morgan fingerprint density at radius 2 is 2.25 bits per heavy atom. The number of aryl methyl sites for hydroxylation is 1. The standard InChI is InChI=1S/C12H22N4O2S2/c1-8(2)13-6-11-9(3)14-15-12(11)20(17,18)16-10-4-5-19-7-10/h8,10,13,16H,4-7H2,1-3H3,(H,14,15). The Morgan fingerprint density at radius 1 is 1.50 bits per heavy atom. The Balaban J connectivity index is 2.17. The first-order valence-electron chi connectivity index (χ1n) is 6.77. The van der Waals surface area contributed by atoms with Crippen LogP contribution in [0.3, 0.4) is 0 Å². The smallest absolute Gasteiger partial charge is 0.260 e. The fourth-order valence-corrected chi connectivity index (χ4v) is 4.79. The predicted octanol–water partition coefficient (Wildman–Crippen LogP) is 1.000. The topological polar surface area (TPSA) is 86.9 Å². The summed E-state index contributed by atoms with van der Waals surface area (Å²) in [5.74, 6) is 1.84. The van der Waals surface area contributed by atoms with E-state index in [1.54, 1.807) is 11.8 Å². The number of nitrogens with one attached hydrogen (secondary N) is 3. The third-order valence-electron chi connectivity index (χ3n) is 3.23. The summed E-state index contributed by atoms with van der Waals surface area (Å²) in [5, 5.41) is 10.1. The number of H-pyrrole nitrogens is 1. The minimum atomic E-state index is -3.55. The molecule has 0 radical (unpaired) electrons. The molecule has 1 unspecified atom stereocenters. The number of thioether (sulfide) groups is 1. The van der Waals surface area contributed by atoms with E-state index in [1.807, 2.05) is 20.8 Å². The molecule has 0 spiro atoms. The zero-order valence-electron chi connectivity index (χ0n) is 12.1. The lowest BCUT2D eigenvalue weighted by Gasteiger charge is -2.13. The van der Waals surface area contributed by atoms with Crippen LogP contribution in [-0.4, -0.2) is 42.2 Å². The van der Waals surface area contributed by atoms with E-state index in [1.165, 1.54) is 0 Å². The molecule has 20 heavy (non-hydrogen) atoms. The molecule has 114 valence electrons. The van der Waals surface area contributed by atoms with E-state index < -0.39 is 10.0 Å². The molecule has 1 atom stereocenters. The summed E-state index contributed by atoms with van der Waals surface area (Å²) in [7, 11) is -3.55. The molecule has 1 aromatic heterocycles. The summed E-state index contributed by atoms with van der Waals surface area (Å²) >= 11 is 1.77. The Hall–Kier alpha value is -0.570. The number of hydrogen-bond donors (Lipinski definition) is 3. The van der Waals surface area contributed by atoms with E-state index in [0.717, 1.165) is 29.2 Å². The van der Waals surface area contributed by atoms with Crippen LogP contribution in [0.4, 0.5) is 0 Å². The molecule has 2 heterocycles. The lowest BCUT2D eigenvalue weighted by Crippen LogP contribution is -2.35. The van der Waals surface area contributed by atoms with Crippen LogP contribution in [0.15, 0.2) is 5.03 Å². The van der Waals surface area contributed by atoms with Crippen molar-refractivity contribution in [2.24, 2.45) is 0 Å². The van der Waals surface area contributed by atoms with E-state index in [9.17, 15) is 8.42 Å². The van der Waals surface area contributed by atoms with Crippen molar-refractivity contribution in [2.75, 3.05) is 11.5 Å². The molecule has 0 amide bonds. The van der Waals surface area contributed by atoms with Crippen LogP contribution in [0.1, 0.15) is 31.5 Å². The van der Waals surface area contributed by atoms with Gasteiger partial charge in [0.2, 0.25) is 0 Å². The summed E-state index contributed by atoms with van der Waals surface area (Å²) in [6.07, 6.45) is 0.882. The maximum Gasteiger partial charge on any atom is 0.260 e. The quantitative estimate of drug-likeness (QED) is 0.728. The van der Waals surface area contributed by atoms with E-state index >= 15 is 0 Å². The molecule has 0 aliphatic carbocycles. The van der Waals surface area contributed by atoms with Crippen LogP contribution < -0.4 is 10.0 Å². The van der Waals surface area contributed by atoms with Crippen LogP contribution in [0.5, 0.6) is 0 Å². The fraction of sp³-hybridized carbons (Fsp3) is 0.750. The first-order chi connectivity index (χ1) is 9.40. The zero-order chi connectivity index (χ0) is 14.8. The number of rotatable bonds is 6. The Morgan fingerprint density at radius 3 is 2.85 bits per heavy atom. The molecule has 1 aromatic rings. The molecular weight excluding hydrogens is 296 g/mol. The third-order valence-corrected chi connectivity index (χ3v) is 5.88. The van der Waals surface area contributed by atoms with Crippen LogP contribution in [0.25, 0.3) is 0 Å². The van der Waals surface area contributed by atoms with Gasteiger partial charge in [-0.05, 0) is 19.1 Å². The van der Waals surface area contributed by atoms with E-state index in [4.69, 9.17) is 0 Å². The molecule has 0 aromatic carbocycles. The van der Waals surface area contributed by atoms with Gasteiger partial charge in [-0.1, -0.05) is 13.8 Å². The normalized spacial score (nSPS) is 19.9. The SMILES string of the molecule is Cc1[nH]nc(S(=O)(=O)NC2CCSC2)c1CNC(C)C. The summed E-state index contributed by atoms with van der Waals surface area (Å²) in [4.78, 5) is 0. The number of hydrogen-bond acceptors (Lipinski definition) is 5. The van der Waals surface area contributed by atoms with Crippen molar-refractivity contribution in [2.45, 2.75) is 50.8 Å². The molecule has 1 saturated heterocycles. The second kappa shape index (κ2) is 6.46. The Bertz CT molecular complexity index is 548. The number of aromatic amines is 1. The van der Waals surface area contributed by atoms with Crippen LogP contribution in [0, 0.1) is 6.92 Å². The van der Waals surface area contributed by atoms with Gasteiger partial charge >= 0.3 is 0 Å². The molecule has 6 nitrogen and oxygen atoms in total. The van der Waals surface area contributed by atoms with Crippen molar-refractivity contribution in [3.8, 4) is 0 Å². The van der Waals surface area contributed by atoms with Crippen molar-refractivity contribution in [3.63, 3.8) is 0 Å². The van der Waals surface area contributed by atoms with Gasteiger partial charge in [0, 0.05) is 35.6 Å². The van der Waals surface area contributed by atoms with Gasteiger partial charge in [0.1, 0.15) is 0 Å². The molecule has 2 rings (SSSR count). The molecule has 3 N–H and O–H groups in total. The summed E-state index contributed by atoms with van der Waals surface area (Å²) in [6.45, 7) is 6.39. The van der Waals surface area contributed by atoms with E-state index in [-0.39, 0.29) is 11.1 Å². The van der Waals surface area contributed by atoms with Crippen LogP contribution >= 0.6 is 11.8 Å². The largest absolute Gasteiger partial charge is 0.310 e. The highest BCUT2D eigenvalue weighted by Crippen LogP contribution is 2.21. The monoisotopic (exact) mass is 318 g/mol. The second-order valence-corrected chi connectivity index (χ2v) is 8.13. The third kappa shape index (κ3) is 3.75. The van der Waals surface area contributed by atoms with Crippen molar-refractivity contribution in [1.82, 2.24) is 20.2 Å². The molecule has 1 aliphatic rings. The average molecular weight is 318 g/mol. The number of sulfonamides is 1. The molecule has 0 saturated carbocycles. The Labute approximate surface area is 124 Å². The summed E-state index contributed by atoms with van der Waals surface area (Å²) < 4.78 is 27.6. The molecule has 1 fully saturated rings. The van der Waals surface area contributed by atoms with Gasteiger partial charge in [-0.25, -0.2) is 13.1 Å². The second-order valence-electron chi connectivity index (χ2n) is 5.35. The molecule has 8 heteroatoms. The molecule has 0 bridgehead atoms. The number of nitrogens with zero attached hydrogens (tertiary/aromatic N) is 1. The van der Waals surface area contributed by atoms with Gasteiger partial charge in [0.05, 0.1) is 0 Å². The van der Waals surface area contributed by atoms with Gasteiger partial charge < -0.3 is 5.32 Å². The van der Waals surface area contributed by atoms with E-state index in [2.05, 4.69) is 20.2 Å². The lowest BCUT2D eigenvalue weighted by molar-refractivity contribution is 0.551. The number of aromatic nitrogens is 2. The van der Waals surface area contributed by atoms with Crippen molar-refractivity contribution >= 4 is 21.8 Å². The van der Waals surface area contributed by atoms with Gasteiger partial charge in [0.25, 0.3) is 10.0 Å². The summed E-state index contributed by atoms with van der Waals surface area (Å²) in [5.41, 5.74) is 1.51.